The molecule has 0 saturated carbocycles. The highest BCUT2D eigenvalue weighted by atomic mass is 79.9. The molecule has 1 atom stereocenters. The zero-order valence-corrected chi connectivity index (χ0v) is 13.1. The first-order valence-corrected chi connectivity index (χ1v) is 8.04. The van der Waals surface area contributed by atoms with E-state index in [2.05, 4.69) is 52.2 Å². The monoisotopic (exact) mass is 330 g/mol. The Morgan fingerprint density at radius 1 is 1.35 bits per heavy atom. The smallest absolute Gasteiger partial charge is 0.109 e. The van der Waals surface area contributed by atoms with Gasteiger partial charge in [-0.3, -0.25) is 0 Å². The molecule has 1 N–H and O–H groups in total. The van der Waals surface area contributed by atoms with Crippen molar-refractivity contribution in [2.75, 3.05) is 0 Å². The van der Waals surface area contributed by atoms with Gasteiger partial charge >= 0.3 is 0 Å². The molecule has 5 heteroatoms. The summed E-state index contributed by atoms with van der Waals surface area (Å²) in [6.07, 6.45) is 3.06. The number of thiophene rings is 1. The highest BCUT2D eigenvalue weighted by Gasteiger charge is 2.09. The van der Waals surface area contributed by atoms with E-state index in [0.29, 0.717) is 6.04 Å². The van der Waals surface area contributed by atoms with Crippen LogP contribution in [0.2, 0.25) is 0 Å². The molecule has 0 aromatic carbocycles. The maximum absolute atomic E-state index is 4.45. The van der Waals surface area contributed by atoms with Crippen LogP contribution in [0.3, 0.4) is 0 Å². The summed E-state index contributed by atoms with van der Waals surface area (Å²) in [5.74, 6) is 0. The molecule has 17 heavy (non-hydrogen) atoms. The molecule has 2 heterocycles. The largest absolute Gasteiger partial charge is 0.303 e. The van der Waals surface area contributed by atoms with Crippen LogP contribution in [0, 0.1) is 0 Å². The summed E-state index contributed by atoms with van der Waals surface area (Å²) >= 11 is 7.05. The minimum Gasteiger partial charge on any atom is -0.303 e. The fourth-order valence-corrected chi connectivity index (χ4v) is 3.79. The summed E-state index contributed by atoms with van der Waals surface area (Å²) in [7, 11) is 0. The third-order valence-corrected chi connectivity index (χ3v) is 5.45. The Bertz CT molecular complexity index is 478. The van der Waals surface area contributed by atoms with Gasteiger partial charge in [-0.05, 0) is 41.4 Å². The van der Waals surface area contributed by atoms with E-state index in [1.54, 1.807) is 22.7 Å². The van der Waals surface area contributed by atoms with Crippen LogP contribution in [0.1, 0.15) is 34.7 Å². The molecule has 0 radical (unpaired) electrons. The third kappa shape index (κ3) is 3.61. The quantitative estimate of drug-likeness (QED) is 0.879. The molecule has 2 aromatic rings. The lowest BCUT2D eigenvalue weighted by molar-refractivity contribution is 0.576. The lowest BCUT2D eigenvalue weighted by Crippen LogP contribution is -2.17. The van der Waals surface area contributed by atoms with Gasteiger partial charge in [-0.1, -0.05) is 6.92 Å². The van der Waals surface area contributed by atoms with Gasteiger partial charge in [0.05, 0.1) is 9.83 Å². The number of nitrogens with one attached hydrogen (secondary N) is 1. The van der Waals surface area contributed by atoms with Crippen LogP contribution in [0.15, 0.2) is 22.1 Å². The SMILES string of the molecule is CCc1cnc(C(C)NCc2ccc(Br)s2)s1. The number of nitrogens with zero attached hydrogens (tertiary/aromatic N) is 1. The number of aromatic nitrogens is 1. The van der Waals surface area contributed by atoms with Crippen LogP contribution in [0.4, 0.5) is 0 Å². The van der Waals surface area contributed by atoms with E-state index >= 15 is 0 Å². The highest BCUT2D eigenvalue weighted by molar-refractivity contribution is 9.11. The molecule has 0 saturated heterocycles. The number of halogens is 1. The van der Waals surface area contributed by atoms with Gasteiger partial charge in [-0.2, -0.15) is 0 Å². The number of thiazole rings is 1. The predicted octanol–water partition coefficient (Wildman–Crippen LogP) is 4.38. The predicted molar refractivity (Wildman–Crippen MR) is 78.8 cm³/mol. The highest BCUT2D eigenvalue weighted by Crippen LogP contribution is 2.24. The summed E-state index contributed by atoms with van der Waals surface area (Å²) in [4.78, 5) is 7.15. The molecule has 92 valence electrons. The fraction of sp³-hybridized carbons (Fsp3) is 0.417. The third-order valence-electron chi connectivity index (χ3n) is 2.50. The number of hydrogen-bond donors (Lipinski definition) is 1. The van der Waals surface area contributed by atoms with Crippen LogP contribution in [0.5, 0.6) is 0 Å². The van der Waals surface area contributed by atoms with Crippen molar-refractivity contribution in [2.24, 2.45) is 0 Å². The van der Waals surface area contributed by atoms with Gasteiger partial charge in [0.1, 0.15) is 5.01 Å². The first kappa shape index (κ1) is 13.2. The summed E-state index contributed by atoms with van der Waals surface area (Å²) < 4.78 is 1.18. The van der Waals surface area contributed by atoms with Gasteiger partial charge in [-0.15, -0.1) is 22.7 Å². The Hall–Kier alpha value is -0.230. The minimum absolute atomic E-state index is 0.321. The van der Waals surface area contributed by atoms with E-state index in [1.165, 1.54) is 18.5 Å². The van der Waals surface area contributed by atoms with E-state index in [4.69, 9.17) is 0 Å². The Morgan fingerprint density at radius 2 is 2.18 bits per heavy atom. The van der Waals surface area contributed by atoms with Crippen molar-refractivity contribution >= 4 is 38.6 Å². The first-order chi connectivity index (χ1) is 8.19. The molecule has 0 amide bonds. The van der Waals surface area contributed by atoms with Gasteiger partial charge in [-0.25, -0.2) is 4.98 Å². The normalized spacial score (nSPS) is 12.9. The van der Waals surface area contributed by atoms with E-state index < -0.39 is 0 Å². The second-order valence-electron chi connectivity index (χ2n) is 3.83. The lowest BCUT2D eigenvalue weighted by Gasteiger charge is -2.09. The summed E-state index contributed by atoms with van der Waals surface area (Å²) in [5, 5.41) is 4.68. The molecule has 0 aliphatic rings. The molecule has 0 aliphatic heterocycles. The van der Waals surface area contributed by atoms with Gasteiger partial charge in [0.25, 0.3) is 0 Å². The first-order valence-electron chi connectivity index (χ1n) is 5.61. The molecule has 0 aliphatic carbocycles. The number of aryl methyl sites for hydroxylation is 1. The zero-order valence-electron chi connectivity index (χ0n) is 9.87. The van der Waals surface area contributed by atoms with Crippen molar-refractivity contribution in [3.63, 3.8) is 0 Å². The van der Waals surface area contributed by atoms with Gasteiger partial charge in [0, 0.05) is 22.5 Å². The molecular weight excluding hydrogens is 316 g/mol. The second kappa shape index (κ2) is 6.09. The molecule has 2 nitrogen and oxygen atoms in total. The Labute approximate surface area is 118 Å². The fourth-order valence-electron chi connectivity index (χ4n) is 1.47. The van der Waals surface area contributed by atoms with Crippen molar-refractivity contribution in [1.82, 2.24) is 10.3 Å². The second-order valence-corrected chi connectivity index (χ2v) is 7.52. The zero-order chi connectivity index (χ0) is 12.3. The van der Waals surface area contributed by atoms with Crippen LogP contribution >= 0.6 is 38.6 Å². The number of hydrogen-bond acceptors (Lipinski definition) is 4. The molecule has 0 fully saturated rings. The van der Waals surface area contributed by atoms with E-state index in [0.717, 1.165) is 13.0 Å². The average molecular weight is 331 g/mol. The van der Waals surface area contributed by atoms with Crippen molar-refractivity contribution < 1.29 is 0 Å². The maximum Gasteiger partial charge on any atom is 0.109 e. The van der Waals surface area contributed by atoms with Gasteiger partial charge in [0.2, 0.25) is 0 Å². The standard InChI is InChI=1S/C12H15BrN2S2/c1-3-9-6-15-12(17-9)8(2)14-7-10-4-5-11(13)16-10/h4-6,8,14H,3,7H2,1-2H3. The molecule has 2 aromatic heterocycles. The van der Waals surface area contributed by atoms with Gasteiger partial charge in [0.15, 0.2) is 0 Å². The molecule has 2 rings (SSSR count). The van der Waals surface area contributed by atoms with Crippen molar-refractivity contribution in [1.29, 1.82) is 0 Å². The topological polar surface area (TPSA) is 24.9 Å². The van der Waals surface area contributed by atoms with Crippen LogP contribution in [0.25, 0.3) is 0 Å². The summed E-state index contributed by atoms with van der Waals surface area (Å²) in [5.41, 5.74) is 0. The molecule has 0 spiro atoms. The van der Waals surface area contributed by atoms with Crippen molar-refractivity contribution in [2.45, 2.75) is 32.9 Å². The Balaban J connectivity index is 1.90. The van der Waals surface area contributed by atoms with Crippen LogP contribution < -0.4 is 5.32 Å². The summed E-state index contributed by atoms with van der Waals surface area (Å²) in [6, 6.07) is 4.56. The molecule has 1 unspecified atom stereocenters. The minimum atomic E-state index is 0.321. The maximum atomic E-state index is 4.45. The Kier molecular flexibility index (Phi) is 4.73. The van der Waals surface area contributed by atoms with Crippen molar-refractivity contribution in [3.8, 4) is 0 Å². The van der Waals surface area contributed by atoms with Crippen LogP contribution in [-0.2, 0) is 13.0 Å². The van der Waals surface area contributed by atoms with E-state index in [-0.39, 0.29) is 0 Å². The van der Waals surface area contributed by atoms with Gasteiger partial charge < -0.3 is 5.32 Å². The lowest BCUT2D eigenvalue weighted by atomic mass is 10.3. The average Bonchev–Trinajstić information content (AvgIpc) is 2.94. The Morgan fingerprint density at radius 3 is 2.76 bits per heavy atom. The number of rotatable bonds is 5. The van der Waals surface area contributed by atoms with E-state index in [1.807, 2.05) is 6.20 Å². The molecule has 0 bridgehead atoms. The van der Waals surface area contributed by atoms with Crippen molar-refractivity contribution in [3.05, 3.63) is 36.9 Å². The summed E-state index contributed by atoms with van der Waals surface area (Å²) in [6.45, 7) is 5.23. The van der Waals surface area contributed by atoms with E-state index in [9.17, 15) is 0 Å². The van der Waals surface area contributed by atoms with Crippen LogP contribution in [-0.4, -0.2) is 4.98 Å². The molecular formula is C12H15BrN2S2.